The Labute approximate surface area is 73.0 Å². The van der Waals surface area contributed by atoms with Gasteiger partial charge in [-0.1, -0.05) is 13.8 Å². The minimum Gasteiger partial charge on any atom is -0.323 e. The number of hydrogen-bond donors (Lipinski definition) is 1. The summed E-state index contributed by atoms with van der Waals surface area (Å²) in [4.78, 5) is 8.24. The first-order chi connectivity index (χ1) is 5.61. The first-order valence-corrected chi connectivity index (χ1v) is 4.18. The average molecular weight is 165 g/mol. The van der Waals surface area contributed by atoms with E-state index in [0.717, 1.165) is 11.4 Å². The van der Waals surface area contributed by atoms with Gasteiger partial charge in [-0.3, -0.25) is 0 Å². The monoisotopic (exact) mass is 165 g/mol. The van der Waals surface area contributed by atoms with Gasteiger partial charge in [-0.15, -0.1) is 0 Å². The summed E-state index contributed by atoms with van der Waals surface area (Å²) in [5.74, 6) is 0.436. The van der Waals surface area contributed by atoms with Gasteiger partial charge in [-0.2, -0.15) is 0 Å². The van der Waals surface area contributed by atoms with E-state index < -0.39 is 0 Å². The highest BCUT2D eigenvalue weighted by molar-refractivity contribution is 5.13. The molecular weight excluding hydrogens is 150 g/mol. The molecule has 1 heterocycles. The van der Waals surface area contributed by atoms with Gasteiger partial charge in [-0.25, -0.2) is 9.97 Å². The fraction of sp³-hybridized carbons (Fsp3) is 0.556. The van der Waals surface area contributed by atoms with Crippen LogP contribution in [0, 0.1) is 0 Å². The van der Waals surface area contributed by atoms with Gasteiger partial charge in [0.25, 0.3) is 0 Å². The zero-order chi connectivity index (χ0) is 9.14. The molecule has 0 aromatic carbocycles. The molecule has 0 aliphatic carbocycles. The molecule has 66 valence electrons. The van der Waals surface area contributed by atoms with Crippen molar-refractivity contribution in [1.82, 2.24) is 9.97 Å². The van der Waals surface area contributed by atoms with Gasteiger partial charge in [0.15, 0.2) is 0 Å². The van der Waals surface area contributed by atoms with Crippen LogP contribution in [0.5, 0.6) is 0 Å². The zero-order valence-corrected chi connectivity index (χ0v) is 7.78. The van der Waals surface area contributed by atoms with E-state index in [1.807, 2.05) is 13.0 Å². The summed E-state index contributed by atoms with van der Waals surface area (Å²) in [6.07, 6.45) is 1.58. The van der Waals surface area contributed by atoms with Crippen molar-refractivity contribution in [2.75, 3.05) is 0 Å². The van der Waals surface area contributed by atoms with Crippen molar-refractivity contribution in [1.29, 1.82) is 0 Å². The van der Waals surface area contributed by atoms with Crippen LogP contribution in [0.4, 0.5) is 0 Å². The molecule has 3 heteroatoms. The second-order valence-electron chi connectivity index (χ2n) is 3.31. The molecule has 0 saturated carbocycles. The minimum absolute atomic E-state index is 0.00880. The summed E-state index contributed by atoms with van der Waals surface area (Å²) in [5, 5.41) is 0. The third-order valence-electron chi connectivity index (χ3n) is 1.77. The Morgan fingerprint density at radius 3 is 2.25 bits per heavy atom. The summed E-state index contributed by atoms with van der Waals surface area (Å²) in [5.41, 5.74) is 7.66. The molecule has 0 aliphatic heterocycles. The summed E-state index contributed by atoms with van der Waals surface area (Å²) in [7, 11) is 0. The predicted molar refractivity (Wildman–Crippen MR) is 48.7 cm³/mol. The molecule has 1 unspecified atom stereocenters. The summed E-state index contributed by atoms with van der Waals surface area (Å²) in [6.45, 7) is 6.13. The highest BCUT2D eigenvalue weighted by Gasteiger charge is 2.05. The summed E-state index contributed by atoms with van der Waals surface area (Å²) < 4.78 is 0. The van der Waals surface area contributed by atoms with Crippen LogP contribution in [0.3, 0.4) is 0 Å². The van der Waals surface area contributed by atoms with Crippen LogP contribution in [-0.2, 0) is 0 Å². The lowest BCUT2D eigenvalue weighted by molar-refractivity contribution is 0.745. The van der Waals surface area contributed by atoms with Crippen molar-refractivity contribution in [3.05, 3.63) is 23.8 Å². The Balaban J connectivity index is 2.96. The first kappa shape index (κ1) is 9.13. The van der Waals surface area contributed by atoms with Crippen molar-refractivity contribution < 1.29 is 0 Å². The van der Waals surface area contributed by atoms with Crippen LogP contribution in [0.2, 0.25) is 0 Å². The lowest BCUT2D eigenvalue weighted by atomic mass is 10.1. The van der Waals surface area contributed by atoms with Crippen LogP contribution in [-0.4, -0.2) is 9.97 Å². The second-order valence-corrected chi connectivity index (χ2v) is 3.31. The Hall–Kier alpha value is -0.960. The van der Waals surface area contributed by atoms with Crippen LogP contribution in [0.1, 0.15) is 44.1 Å². The number of hydrogen-bond acceptors (Lipinski definition) is 3. The van der Waals surface area contributed by atoms with Crippen molar-refractivity contribution in [2.45, 2.75) is 32.7 Å². The molecule has 0 aliphatic rings. The molecule has 0 radical (unpaired) electrons. The Morgan fingerprint density at radius 1 is 1.17 bits per heavy atom. The third kappa shape index (κ3) is 2.01. The topological polar surface area (TPSA) is 51.8 Å². The lowest BCUT2D eigenvalue weighted by Crippen LogP contribution is -2.08. The van der Waals surface area contributed by atoms with Crippen LogP contribution in [0.25, 0.3) is 0 Å². The quantitative estimate of drug-likeness (QED) is 0.724. The number of aromatic nitrogens is 2. The molecule has 0 saturated heterocycles. The van der Waals surface area contributed by atoms with Crippen molar-refractivity contribution in [2.24, 2.45) is 5.73 Å². The second kappa shape index (κ2) is 3.63. The standard InChI is InChI=1S/C9H15N3/c1-6(2)8-4-9(7(3)10)12-5-11-8/h4-7H,10H2,1-3H3. The van der Waals surface area contributed by atoms with E-state index in [4.69, 9.17) is 5.73 Å². The number of rotatable bonds is 2. The Morgan fingerprint density at radius 2 is 1.75 bits per heavy atom. The van der Waals surface area contributed by atoms with E-state index in [1.165, 1.54) is 0 Å². The molecule has 12 heavy (non-hydrogen) atoms. The molecular formula is C9H15N3. The summed E-state index contributed by atoms with van der Waals surface area (Å²) in [6, 6.07) is 1.96. The molecule has 0 spiro atoms. The molecule has 3 nitrogen and oxygen atoms in total. The highest BCUT2D eigenvalue weighted by Crippen LogP contribution is 2.13. The van der Waals surface area contributed by atoms with E-state index in [9.17, 15) is 0 Å². The smallest absolute Gasteiger partial charge is 0.116 e. The number of nitrogens with zero attached hydrogens (tertiary/aromatic N) is 2. The fourth-order valence-electron chi connectivity index (χ4n) is 0.953. The first-order valence-electron chi connectivity index (χ1n) is 4.18. The van der Waals surface area contributed by atoms with E-state index in [0.29, 0.717) is 5.92 Å². The maximum atomic E-state index is 5.69. The van der Waals surface area contributed by atoms with Gasteiger partial charge in [0.2, 0.25) is 0 Å². The van der Waals surface area contributed by atoms with E-state index in [1.54, 1.807) is 6.33 Å². The average Bonchev–Trinajstić information content (AvgIpc) is 2.04. The van der Waals surface area contributed by atoms with Gasteiger partial charge in [0.05, 0.1) is 5.69 Å². The third-order valence-corrected chi connectivity index (χ3v) is 1.77. The fourth-order valence-corrected chi connectivity index (χ4v) is 0.953. The van der Waals surface area contributed by atoms with Crippen molar-refractivity contribution in [3.63, 3.8) is 0 Å². The van der Waals surface area contributed by atoms with Gasteiger partial charge in [0, 0.05) is 11.7 Å². The van der Waals surface area contributed by atoms with E-state index >= 15 is 0 Å². The SMILES string of the molecule is CC(C)c1cc(C(C)N)ncn1. The van der Waals surface area contributed by atoms with Crippen molar-refractivity contribution >= 4 is 0 Å². The zero-order valence-electron chi connectivity index (χ0n) is 7.78. The van der Waals surface area contributed by atoms with Crippen LogP contribution in [0.15, 0.2) is 12.4 Å². The van der Waals surface area contributed by atoms with Gasteiger partial charge >= 0.3 is 0 Å². The van der Waals surface area contributed by atoms with Gasteiger partial charge in [-0.05, 0) is 18.9 Å². The number of nitrogens with two attached hydrogens (primary N) is 1. The molecule has 0 fully saturated rings. The molecule has 1 aromatic heterocycles. The van der Waals surface area contributed by atoms with Gasteiger partial charge < -0.3 is 5.73 Å². The molecule has 2 N–H and O–H groups in total. The van der Waals surface area contributed by atoms with Gasteiger partial charge in [0.1, 0.15) is 6.33 Å². The summed E-state index contributed by atoms with van der Waals surface area (Å²) >= 11 is 0. The molecule has 1 aromatic rings. The van der Waals surface area contributed by atoms with Crippen LogP contribution < -0.4 is 5.73 Å². The molecule has 0 amide bonds. The Kier molecular flexibility index (Phi) is 2.76. The molecule has 0 bridgehead atoms. The lowest BCUT2D eigenvalue weighted by Gasteiger charge is -2.07. The normalized spacial score (nSPS) is 13.4. The van der Waals surface area contributed by atoms with E-state index in [-0.39, 0.29) is 6.04 Å². The maximum absolute atomic E-state index is 5.69. The molecule has 1 rings (SSSR count). The Bertz CT molecular complexity index is 232. The molecule has 1 atom stereocenters. The highest BCUT2D eigenvalue weighted by atomic mass is 14.9. The minimum atomic E-state index is -0.00880. The predicted octanol–water partition coefficient (Wildman–Crippen LogP) is 1.62. The van der Waals surface area contributed by atoms with E-state index in [2.05, 4.69) is 23.8 Å². The van der Waals surface area contributed by atoms with Crippen molar-refractivity contribution in [3.8, 4) is 0 Å². The van der Waals surface area contributed by atoms with Crippen LogP contribution >= 0.6 is 0 Å². The largest absolute Gasteiger partial charge is 0.323 e. The maximum Gasteiger partial charge on any atom is 0.116 e.